The third-order valence-corrected chi connectivity index (χ3v) is 2.94. The van der Waals surface area contributed by atoms with Crippen molar-refractivity contribution in [2.75, 3.05) is 13.7 Å². The van der Waals surface area contributed by atoms with Gasteiger partial charge in [-0.05, 0) is 44.6 Å². The zero-order valence-electron chi connectivity index (χ0n) is 12.2. The molecule has 6 heteroatoms. The lowest BCUT2D eigenvalue weighted by Gasteiger charge is -2.17. The van der Waals surface area contributed by atoms with Crippen LogP contribution in [0.5, 0.6) is 0 Å². The predicted octanol–water partition coefficient (Wildman–Crippen LogP) is 1.45. The lowest BCUT2D eigenvalue weighted by molar-refractivity contribution is 0.0942. The average molecular weight is 295 g/mol. The number of amides is 1. The summed E-state index contributed by atoms with van der Waals surface area (Å²) >= 11 is 5.08. The Labute approximate surface area is 125 Å². The molecule has 0 aliphatic carbocycles. The van der Waals surface area contributed by atoms with E-state index in [1.807, 2.05) is 39.0 Å². The standard InChI is InChI=1S/C14H21N3O2S/c1-9-5-6-10(2)12(7-9)13(18)16-17-14(20)15-11(3)8-19-4/h5-7,11H,8H2,1-4H3,(H,16,18)(H2,15,17,20)/t11-/m1/s1. The molecule has 0 aliphatic rings. The van der Waals surface area contributed by atoms with E-state index < -0.39 is 0 Å². The van der Waals surface area contributed by atoms with E-state index in [1.54, 1.807) is 7.11 Å². The van der Waals surface area contributed by atoms with Gasteiger partial charge < -0.3 is 10.1 Å². The summed E-state index contributed by atoms with van der Waals surface area (Å²) in [7, 11) is 1.62. The van der Waals surface area contributed by atoms with E-state index in [0.717, 1.165) is 11.1 Å². The number of ether oxygens (including phenoxy) is 1. The molecule has 0 aliphatic heterocycles. The Kier molecular flexibility index (Phi) is 6.41. The van der Waals surface area contributed by atoms with E-state index in [-0.39, 0.29) is 11.9 Å². The van der Waals surface area contributed by atoms with Gasteiger partial charge in [-0.1, -0.05) is 17.7 Å². The molecule has 1 amide bonds. The zero-order valence-corrected chi connectivity index (χ0v) is 13.1. The second kappa shape index (κ2) is 7.81. The number of hydrogen-bond donors (Lipinski definition) is 3. The summed E-state index contributed by atoms with van der Waals surface area (Å²) in [6.45, 7) is 6.31. The lowest BCUT2D eigenvalue weighted by atomic mass is 10.1. The molecule has 0 heterocycles. The normalized spacial score (nSPS) is 11.6. The quantitative estimate of drug-likeness (QED) is 0.580. The van der Waals surface area contributed by atoms with Gasteiger partial charge >= 0.3 is 0 Å². The maximum atomic E-state index is 12.0. The lowest BCUT2D eigenvalue weighted by Crippen LogP contribution is -2.50. The molecule has 0 bridgehead atoms. The number of carbonyl (C=O) groups is 1. The van der Waals surface area contributed by atoms with Crippen LogP contribution in [0.3, 0.4) is 0 Å². The van der Waals surface area contributed by atoms with Crippen molar-refractivity contribution in [2.45, 2.75) is 26.8 Å². The van der Waals surface area contributed by atoms with Crippen LogP contribution in [0, 0.1) is 13.8 Å². The number of rotatable bonds is 4. The van der Waals surface area contributed by atoms with Crippen molar-refractivity contribution in [3.63, 3.8) is 0 Å². The minimum atomic E-state index is -0.213. The fraction of sp³-hybridized carbons (Fsp3) is 0.429. The minimum Gasteiger partial charge on any atom is -0.383 e. The molecular weight excluding hydrogens is 274 g/mol. The van der Waals surface area contributed by atoms with Crippen molar-refractivity contribution in [1.82, 2.24) is 16.2 Å². The van der Waals surface area contributed by atoms with E-state index in [9.17, 15) is 4.79 Å². The molecular formula is C14H21N3O2S. The van der Waals surface area contributed by atoms with Crippen LogP contribution in [0.15, 0.2) is 18.2 Å². The molecule has 0 fully saturated rings. The molecule has 0 spiro atoms. The molecule has 3 N–H and O–H groups in total. The number of hydrazine groups is 1. The van der Waals surface area contributed by atoms with E-state index in [2.05, 4.69) is 16.2 Å². The summed E-state index contributed by atoms with van der Waals surface area (Å²) < 4.78 is 4.99. The average Bonchev–Trinajstić information content (AvgIpc) is 2.39. The second-order valence-electron chi connectivity index (χ2n) is 4.73. The van der Waals surface area contributed by atoms with Crippen LogP contribution in [0.25, 0.3) is 0 Å². The van der Waals surface area contributed by atoms with Crippen molar-refractivity contribution >= 4 is 23.2 Å². The number of aryl methyl sites for hydroxylation is 2. The van der Waals surface area contributed by atoms with Crippen LogP contribution < -0.4 is 16.2 Å². The second-order valence-corrected chi connectivity index (χ2v) is 5.14. The zero-order chi connectivity index (χ0) is 15.1. The first kappa shape index (κ1) is 16.4. The van der Waals surface area contributed by atoms with Crippen molar-refractivity contribution in [1.29, 1.82) is 0 Å². The van der Waals surface area contributed by atoms with Crippen molar-refractivity contribution in [3.05, 3.63) is 34.9 Å². The first-order valence-corrected chi connectivity index (χ1v) is 6.78. The Hall–Kier alpha value is -1.66. The molecule has 5 nitrogen and oxygen atoms in total. The van der Waals surface area contributed by atoms with Crippen LogP contribution in [0.4, 0.5) is 0 Å². The molecule has 1 aromatic carbocycles. The fourth-order valence-corrected chi connectivity index (χ4v) is 1.97. The third-order valence-electron chi connectivity index (χ3n) is 2.72. The van der Waals surface area contributed by atoms with Gasteiger partial charge in [0.1, 0.15) is 0 Å². The van der Waals surface area contributed by atoms with Gasteiger partial charge in [0.2, 0.25) is 0 Å². The van der Waals surface area contributed by atoms with Crippen molar-refractivity contribution < 1.29 is 9.53 Å². The number of carbonyl (C=O) groups excluding carboxylic acids is 1. The first-order chi connectivity index (χ1) is 9.43. The predicted molar refractivity (Wildman–Crippen MR) is 83.6 cm³/mol. The monoisotopic (exact) mass is 295 g/mol. The molecule has 1 rings (SSSR count). The molecule has 20 heavy (non-hydrogen) atoms. The van der Waals surface area contributed by atoms with Gasteiger partial charge in [0.15, 0.2) is 5.11 Å². The summed E-state index contributed by atoms with van der Waals surface area (Å²) in [5, 5.41) is 3.35. The SMILES string of the molecule is COC[C@@H](C)NC(=S)NNC(=O)c1cc(C)ccc1C. The molecule has 110 valence electrons. The summed E-state index contributed by atoms with van der Waals surface area (Å²) in [5.41, 5.74) is 7.85. The smallest absolute Gasteiger partial charge is 0.269 e. The van der Waals surface area contributed by atoms with E-state index in [1.165, 1.54) is 0 Å². The molecule has 0 radical (unpaired) electrons. The van der Waals surface area contributed by atoms with Gasteiger partial charge in [-0.3, -0.25) is 15.6 Å². The van der Waals surface area contributed by atoms with E-state index in [4.69, 9.17) is 17.0 Å². The Morgan fingerprint density at radius 3 is 2.70 bits per heavy atom. The topological polar surface area (TPSA) is 62.4 Å². The maximum Gasteiger partial charge on any atom is 0.269 e. The highest BCUT2D eigenvalue weighted by molar-refractivity contribution is 7.80. The Balaban J connectivity index is 2.51. The highest BCUT2D eigenvalue weighted by Gasteiger charge is 2.10. The van der Waals surface area contributed by atoms with Crippen molar-refractivity contribution in [2.24, 2.45) is 0 Å². The summed E-state index contributed by atoms with van der Waals surface area (Å²) in [4.78, 5) is 12.0. The molecule has 1 aromatic rings. The van der Waals surface area contributed by atoms with Crippen LogP contribution in [0.2, 0.25) is 0 Å². The summed E-state index contributed by atoms with van der Waals surface area (Å²) in [6.07, 6.45) is 0. The number of nitrogens with one attached hydrogen (secondary N) is 3. The number of methoxy groups -OCH3 is 1. The first-order valence-electron chi connectivity index (χ1n) is 6.37. The van der Waals surface area contributed by atoms with Crippen LogP contribution in [-0.4, -0.2) is 30.8 Å². The maximum absolute atomic E-state index is 12.0. The third kappa shape index (κ3) is 5.14. The van der Waals surface area contributed by atoms with Crippen molar-refractivity contribution in [3.8, 4) is 0 Å². The van der Waals surface area contributed by atoms with Gasteiger partial charge in [0, 0.05) is 18.7 Å². The van der Waals surface area contributed by atoms with E-state index >= 15 is 0 Å². The Bertz CT molecular complexity index is 491. The minimum absolute atomic E-state index is 0.0672. The van der Waals surface area contributed by atoms with Gasteiger partial charge in [-0.2, -0.15) is 0 Å². The Morgan fingerprint density at radius 1 is 1.35 bits per heavy atom. The molecule has 1 atom stereocenters. The molecule has 0 saturated heterocycles. The van der Waals surface area contributed by atoms with Gasteiger partial charge in [-0.15, -0.1) is 0 Å². The molecule has 0 aromatic heterocycles. The molecule has 0 unspecified atom stereocenters. The molecule has 0 saturated carbocycles. The number of benzene rings is 1. The van der Waals surface area contributed by atoms with Gasteiger partial charge in [-0.25, -0.2) is 0 Å². The van der Waals surface area contributed by atoms with Crippen LogP contribution in [-0.2, 0) is 4.74 Å². The van der Waals surface area contributed by atoms with Gasteiger partial charge in [0.05, 0.1) is 6.61 Å². The number of thiocarbonyl (C=S) groups is 1. The van der Waals surface area contributed by atoms with E-state index in [0.29, 0.717) is 17.3 Å². The van der Waals surface area contributed by atoms with Gasteiger partial charge in [0.25, 0.3) is 5.91 Å². The fourth-order valence-electron chi connectivity index (χ4n) is 1.71. The summed E-state index contributed by atoms with van der Waals surface area (Å²) in [6, 6.07) is 5.80. The largest absolute Gasteiger partial charge is 0.383 e. The highest BCUT2D eigenvalue weighted by atomic mass is 32.1. The van der Waals surface area contributed by atoms with Crippen LogP contribution in [0.1, 0.15) is 28.4 Å². The Morgan fingerprint density at radius 2 is 2.05 bits per heavy atom. The number of hydrogen-bond acceptors (Lipinski definition) is 3. The van der Waals surface area contributed by atoms with Crippen LogP contribution >= 0.6 is 12.2 Å². The highest BCUT2D eigenvalue weighted by Crippen LogP contribution is 2.09. The summed E-state index contributed by atoms with van der Waals surface area (Å²) in [5.74, 6) is -0.213.